The van der Waals surface area contributed by atoms with Crippen molar-refractivity contribution in [2.45, 2.75) is 73.4 Å². The van der Waals surface area contributed by atoms with E-state index >= 15 is 0 Å². The number of likely N-dealkylation sites (tertiary alicyclic amines) is 1. The molecule has 13 heteroatoms. The second-order valence-electron chi connectivity index (χ2n) is 11.1. The van der Waals surface area contributed by atoms with E-state index in [0.717, 1.165) is 30.2 Å². The highest BCUT2D eigenvalue weighted by Gasteiger charge is 2.59. The molecule has 5 nitrogen and oxygen atoms in total. The maximum Gasteiger partial charge on any atom is 0.416 e. The highest BCUT2D eigenvalue weighted by atomic mass is 127. The molecule has 5 rings (SSSR count). The summed E-state index contributed by atoms with van der Waals surface area (Å²) in [6.07, 6.45) is -8.94. The second kappa shape index (κ2) is 12.2. The largest absolute Gasteiger partial charge is 0.416 e. The number of amides is 2. The van der Waals surface area contributed by atoms with Crippen LogP contribution in [0.15, 0.2) is 65.6 Å². The van der Waals surface area contributed by atoms with Crippen LogP contribution in [0.1, 0.15) is 58.7 Å². The van der Waals surface area contributed by atoms with E-state index < -0.39 is 52.6 Å². The number of thioether (sulfide) groups is 1. The maximum absolute atomic E-state index is 14.2. The van der Waals surface area contributed by atoms with Crippen molar-refractivity contribution in [2.24, 2.45) is 0 Å². The fourth-order valence-electron chi connectivity index (χ4n) is 5.31. The van der Waals surface area contributed by atoms with Gasteiger partial charge in [0.1, 0.15) is 4.75 Å². The van der Waals surface area contributed by atoms with Gasteiger partial charge in [-0.15, -0.1) is 11.8 Å². The van der Waals surface area contributed by atoms with Crippen molar-refractivity contribution in [3.8, 4) is 0 Å². The number of aliphatic hydroxyl groups is 1. The van der Waals surface area contributed by atoms with Crippen LogP contribution in [0, 0.1) is 10.5 Å². The first kappa shape index (κ1) is 32.6. The Bertz CT molecular complexity index is 1540. The van der Waals surface area contributed by atoms with E-state index in [1.807, 2.05) is 41.6 Å². The first-order chi connectivity index (χ1) is 20.6. The number of alkyl halides is 6. The van der Waals surface area contributed by atoms with E-state index in [4.69, 9.17) is 0 Å². The quantitative estimate of drug-likeness (QED) is 0.186. The fraction of sp³-hybridized carbons (Fsp3) is 0.355. The number of aryl methyl sites for hydroxylation is 1. The van der Waals surface area contributed by atoms with E-state index in [1.54, 1.807) is 30.3 Å². The first-order valence-electron chi connectivity index (χ1n) is 13.6. The lowest BCUT2D eigenvalue weighted by Crippen LogP contribution is -2.49. The molecule has 44 heavy (non-hydrogen) atoms. The van der Waals surface area contributed by atoms with Gasteiger partial charge >= 0.3 is 12.4 Å². The monoisotopic (exact) mass is 748 g/mol. The van der Waals surface area contributed by atoms with Gasteiger partial charge in [-0.25, -0.2) is 0 Å². The normalized spacial score (nSPS) is 20.7. The minimum Gasteiger partial charge on any atom is -0.392 e. The Hall–Kier alpha value is -2.78. The lowest BCUT2D eigenvalue weighted by atomic mass is 9.90. The number of hydrogen-bond donors (Lipinski definition) is 2. The van der Waals surface area contributed by atoms with Crippen molar-refractivity contribution in [2.75, 3.05) is 0 Å². The number of rotatable bonds is 8. The van der Waals surface area contributed by atoms with Crippen LogP contribution in [0.2, 0.25) is 0 Å². The zero-order valence-corrected chi connectivity index (χ0v) is 26.2. The summed E-state index contributed by atoms with van der Waals surface area (Å²) in [7, 11) is 0. The lowest BCUT2D eigenvalue weighted by molar-refractivity contribution is -0.143. The molecule has 0 bridgehead atoms. The number of halogens is 7. The number of carbonyl (C=O) groups is 2. The zero-order chi connectivity index (χ0) is 32.0. The highest BCUT2D eigenvalue weighted by molar-refractivity contribution is 14.1. The van der Waals surface area contributed by atoms with Gasteiger partial charge in [-0.3, -0.25) is 9.59 Å². The second-order valence-corrected chi connectivity index (χ2v) is 13.6. The van der Waals surface area contributed by atoms with Gasteiger partial charge in [0.15, 0.2) is 0 Å². The molecule has 2 fully saturated rings. The number of carbonyl (C=O) groups excluding carboxylic acids is 2. The summed E-state index contributed by atoms with van der Waals surface area (Å²) in [4.78, 5) is 29.9. The third kappa shape index (κ3) is 6.89. The Morgan fingerprint density at radius 3 is 2.11 bits per heavy atom. The van der Waals surface area contributed by atoms with E-state index in [9.17, 15) is 41.0 Å². The molecule has 2 atom stereocenters. The Kier molecular flexibility index (Phi) is 9.04. The Morgan fingerprint density at radius 2 is 1.59 bits per heavy atom. The third-order valence-corrected chi connectivity index (χ3v) is 10.0. The van der Waals surface area contributed by atoms with E-state index in [2.05, 4.69) is 5.32 Å². The minimum absolute atomic E-state index is 0.0456. The van der Waals surface area contributed by atoms with Crippen molar-refractivity contribution in [3.63, 3.8) is 0 Å². The Morgan fingerprint density at radius 1 is 0.977 bits per heavy atom. The predicted octanol–water partition coefficient (Wildman–Crippen LogP) is 7.41. The summed E-state index contributed by atoms with van der Waals surface area (Å²) in [6, 6.07) is 12.3. The van der Waals surface area contributed by atoms with Crippen LogP contribution in [0.3, 0.4) is 0 Å². The number of nitrogens with zero attached hydrogens (tertiary/aromatic N) is 1. The van der Waals surface area contributed by atoms with Gasteiger partial charge in [0.25, 0.3) is 0 Å². The molecule has 1 aliphatic carbocycles. The lowest BCUT2D eigenvalue weighted by Gasteiger charge is -2.37. The molecule has 1 heterocycles. The Labute approximate surface area is 267 Å². The van der Waals surface area contributed by atoms with Gasteiger partial charge in [-0.2, -0.15) is 26.3 Å². The molecule has 1 aliphatic heterocycles. The van der Waals surface area contributed by atoms with Crippen LogP contribution in [-0.2, 0) is 35.1 Å². The van der Waals surface area contributed by atoms with Gasteiger partial charge in [-0.1, -0.05) is 29.8 Å². The van der Waals surface area contributed by atoms with Crippen LogP contribution < -0.4 is 5.32 Å². The molecular weight excluding hydrogens is 721 g/mol. The molecule has 0 radical (unpaired) electrons. The van der Waals surface area contributed by atoms with Gasteiger partial charge in [-0.05, 0) is 95.4 Å². The number of benzene rings is 3. The average molecular weight is 749 g/mol. The fourth-order valence-corrected chi connectivity index (χ4v) is 7.59. The Balaban J connectivity index is 1.67. The van der Waals surface area contributed by atoms with Crippen molar-refractivity contribution < 1.29 is 41.0 Å². The summed E-state index contributed by atoms with van der Waals surface area (Å²) < 4.78 is 81.2. The standard InChI is InChI=1S/C31H27F6IN2O3S/c1-17-2-7-23(8-3-17)44-29(28(43)39-22-5-6-22)14-26(42)40(27(29)24-9-4-18(16-41)12-25(24)38)15-19-10-20(30(32,33)34)13-21(11-19)31(35,36)37/h2-4,7-13,22,27,41H,5-6,14-16H2,1H3,(H,39,43)/t27-,29-/m1/s1. The molecule has 1 saturated heterocycles. The topological polar surface area (TPSA) is 69.6 Å². The van der Waals surface area contributed by atoms with Crippen molar-refractivity contribution in [1.82, 2.24) is 10.2 Å². The van der Waals surface area contributed by atoms with Crippen LogP contribution in [-0.4, -0.2) is 32.6 Å². The molecule has 2 N–H and O–H groups in total. The summed E-state index contributed by atoms with van der Waals surface area (Å²) in [5.74, 6) is -1.03. The molecule has 0 spiro atoms. The number of nitrogens with one attached hydrogen (secondary N) is 1. The van der Waals surface area contributed by atoms with Crippen molar-refractivity contribution in [1.29, 1.82) is 0 Å². The van der Waals surface area contributed by atoms with Crippen LogP contribution >= 0.6 is 34.4 Å². The molecule has 2 amide bonds. The highest BCUT2D eigenvalue weighted by Crippen LogP contribution is 2.54. The van der Waals surface area contributed by atoms with E-state index in [0.29, 0.717) is 31.7 Å². The minimum atomic E-state index is -5.06. The molecule has 234 valence electrons. The third-order valence-electron chi connectivity index (χ3n) is 7.65. The van der Waals surface area contributed by atoms with Gasteiger partial charge in [0.05, 0.1) is 30.2 Å². The molecule has 0 unspecified atom stereocenters. The summed E-state index contributed by atoms with van der Waals surface area (Å²) in [5, 5.41) is 12.7. The molecule has 3 aromatic carbocycles. The number of aliphatic hydroxyl groups excluding tert-OH is 1. The summed E-state index contributed by atoms with van der Waals surface area (Å²) in [6.45, 7) is 1.02. The average Bonchev–Trinajstić information content (AvgIpc) is 3.72. The van der Waals surface area contributed by atoms with Crippen LogP contribution in [0.4, 0.5) is 26.3 Å². The maximum atomic E-state index is 14.2. The van der Waals surface area contributed by atoms with E-state index in [1.165, 1.54) is 4.90 Å². The van der Waals surface area contributed by atoms with Gasteiger partial charge in [0, 0.05) is 21.1 Å². The van der Waals surface area contributed by atoms with Crippen LogP contribution in [0.5, 0.6) is 0 Å². The van der Waals surface area contributed by atoms with Crippen LogP contribution in [0.25, 0.3) is 0 Å². The molecule has 0 aromatic heterocycles. The van der Waals surface area contributed by atoms with Crippen molar-refractivity contribution >= 4 is 46.2 Å². The summed E-state index contributed by atoms with van der Waals surface area (Å²) >= 11 is 3.16. The first-order valence-corrected chi connectivity index (χ1v) is 15.5. The van der Waals surface area contributed by atoms with E-state index in [-0.39, 0.29) is 30.7 Å². The molecule has 1 saturated carbocycles. The molecule has 3 aromatic rings. The predicted molar refractivity (Wildman–Crippen MR) is 160 cm³/mol. The zero-order valence-electron chi connectivity index (χ0n) is 23.2. The summed E-state index contributed by atoms with van der Waals surface area (Å²) in [5.41, 5.74) is -1.33. The van der Waals surface area contributed by atoms with Gasteiger partial charge in [0.2, 0.25) is 11.8 Å². The smallest absolute Gasteiger partial charge is 0.392 e. The van der Waals surface area contributed by atoms with Crippen molar-refractivity contribution in [3.05, 3.63) is 97.6 Å². The van der Waals surface area contributed by atoms with Gasteiger partial charge < -0.3 is 15.3 Å². The number of hydrogen-bond acceptors (Lipinski definition) is 4. The molecular formula is C31H27F6IN2O3S. The molecule has 2 aliphatic rings. The SMILES string of the molecule is Cc1ccc(S[C@]2(C(=O)NC3CC3)CC(=O)N(Cc3cc(C(F)(F)F)cc(C(F)(F)F)c3)[C@@H]2c2ccc(CO)cc2I)cc1.